The van der Waals surface area contributed by atoms with E-state index < -0.39 is 27.8 Å². The van der Waals surface area contributed by atoms with E-state index in [1.807, 2.05) is 0 Å². The van der Waals surface area contributed by atoms with Gasteiger partial charge in [0.1, 0.15) is 17.4 Å². The Bertz CT molecular complexity index is 937. The van der Waals surface area contributed by atoms with E-state index in [-0.39, 0.29) is 31.1 Å². The van der Waals surface area contributed by atoms with Crippen molar-refractivity contribution in [2.75, 3.05) is 31.8 Å². The Morgan fingerprint density at radius 2 is 1.93 bits per heavy atom. The summed E-state index contributed by atoms with van der Waals surface area (Å²) in [7, 11) is -2.22. The summed E-state index contributed by atoms with van der Waals surface area (Å²) in [5.74, 6) is -1.55. The van der Waals surface area contributed by atoms with Gasteiger partial charge in [-0.2, -0.15) is 8.42 Å². The zero-order chi connectivity index (χ0) is 20.7. The van der Waals surface area contributed by atoms with E-state index in [2.05, 4.69) is 5.32 Å². The normalized spacial score (nSPS) is 11.1. The van der Waals surface area contributed by atoms with Crippen LogP contribution in [0.25, 0.3) is 0 Å². The highest BCUT2D eigenvalue weighted by molar-refractivity contribution is 7.86. The smallest absolute Gasteiger partial charge is 0.322 e. The Morgan fingerprint density at radius 3 is 2.57 bits per heavy atom. The third kappa shape index (κ3) is 6.78. The number of halogens is 2. The molecule has 0 aliphatic heterocycles. The summed E-state index contributed by atoms with van der Waals surface area (Å²) in [6.45, 7) is 0.486. The molecule has 0 aromatic heterocycles. The third-order valence-electron chi connectivity index (χ3n) is 3.54. The molecule has 1 N–H and O–H groups in total. The van der Waals surface area contributed by atoms with Gasteiger partial charge >= 0.3 is 16.1 Å². The van der Waals surface area contributed by atoms with Gasteiger partial charge in [-0.25, -0.2) is 13.6 Å². The van der Waals surface area contributed by atoms with Crippen LogP contribution in [0.3, 0.4) is 0 Å². The Kier molecular flexibility index (Phi) is 7.30. The molecule has 2 rings (SSSR count). The summed E-state index contributed by atoms with van der Waals surface area (Å²) in [6, 6.07) is 8.41. The number of nitrogens with one attached hydrogen (secondary N) is 1. The molecule has 0 fully saturated rings. The minimum atomic E-state index is -3.69. The highest BCUT2D eigenvalue weighted by Gasteiger charge is 2.17. The first kappa shape index (κ1) is 21.6. The van der Waals surface area contributed by atoms with Gasteiger partial charge in [-0.1, -0.05) is 12.1 Å². The number of hydrogen-bond donors (Lipinski definition) is 1. The SMILES string of the molecule is COCCN(Cc1cccc(OS(C)(=O)=O)c1)C(=O)Nc1ccc(F)cc1F. The molecule has 2 amide bonds. The first-order chi connectivity index (χ1) is 13.2. The van der Waals surface area contributed by atoms with Crippen LogP contribution in [-0.4, -0.2) is 45.9 Å². The number of anilines is 1. The van der Waals surface area contributed by atoms with Crippen molar-refractivity contribution in [3.8, 4) is 5.75 Å². The second kappa shape index (κ2) is 9.47. The number of urea groups is 1. The summed E-state index contributed by atoms with van der Waals surface area (Å²) < 4.78 is 59.2. The predicted octanol–water partition coefficient (Wildman–Crippen LogP) is 2.98. The fourth-order valence-corrected chi connectivity index (χ4v) is 2.78. The first-order valence-corrected chi connectivity index (χ1v) is 9.98. The van der Waals surface area contributed by atoms with E-state index in [1.165, 1.54) is 24.1 Å². The monoisotopic (exact) mass is 414 g/mol. The maximum absolute atomic E-state index is 13.8. The molecule has 10 heteroatoms. The molecule has 0 bridgehead atoms. The van der Waals surface area contributed by atoms with Gasteiger partial charge < -0.3 is 19.1 Å². The number of nitrogens with zero attached hydrogens (tertiary/aromatic N) is 1. The Hall–Kier alpha value is -2.72. The molecule has 0 radical (unpaired) electrons. The second-order valence-electron chi connectivity index (χ2n) is 5.90. The molecule has 152 valence electrons. The molecule has 2 aromatic carbocycles. The fraction of sp³-hybridized carbons (Fsp3) is 0.278. The van der Waals surface area contributed by atoms with Crippen molar-refractivity contribution in [3.63, 3.8) is 0 Å². The van der Waals surface area contributed by atoms with Crippen LogP contribution in [0.5, 0.6) is 5.75 Å². The zero-order valence-corrected chi connectivity index (χ0v) is 16.1. The van der Waals surface area contributed by atoms with Crippen LogP contribution in [0.2, 0.25) is 0 Å². The molecular formula is C18H20F2N2O5S. The average molecular weight is 414 g/mol. The molecule has 0 aliphatic carbocycles. The lowest BCUT2D eigenvalue weighted by atomic mass is 10.2. The van der Waals surface area contributed by atoms with E-state index in [0.29, 0.717) is 11.6 Å². The first-order valence-electron chi connectivity index (χ1n) is 8.16. The van der Waals surface area contributed by atoms with Crippen molar-refractivity contribution in [1.29, 1.82) is 0 Å². The molecule has 0 atom stereocenters. The molecule has 0 spiro atoms. The number of rotatable bonds is 8. The lowest BCUT2D eigenvalue weighted by Gasteiger charge is -2.23. The summed E-state index contributed by atoms with van der Waals surface area (Å²) in [5.41, 5.74) is 0.426. The lowest BCUT2D eigenvalue weighted by Crippen LogP contribution is -2.37. The second-order valence-corrected chi connectivity index (χ2v) is 7.48. The molecule has 7 nitrogen and oxygen atoms in total. The van der Waals surface area contributed by atoms with Crippen molar-refractivity contribution < 1.29 is 30.9 Å². The molecule has 0 saturated heterocycles. The highest BCUT2D eigenvalue weighted by atomic mass is 32.2. The Balaban J connectivity index is 2.16. The van der Waals surface area contributed by atoms with E-state index >= 15 is 0 Å². The number of amides is 2. The number of carbonyl (C=O) groups is 1. The van der Waals surface area contributed by atoms with E-state index in [4.69, 9.17) is 8.92 Å². The average Bonchev–Trinajstić information content (AvgIpc) is 2.59. The number of methoxy groups -OCH3 is 1. The molecule has 0 saturated carbocycles. The van der Waals surface area contributed by atoms with Crippen LogP contribution < -0.4 is 9.50 Å². The standard InChI is InChI=1S/C18H20F2N2O5S/c1-26-9-8-22(18(23)21-17-7-6-14(19)11-16(17)20)12-13-4-3-5-15(10-13)27-28(2,24)25/h3-7,10-11H,8-9,12H2,1-2H3,(H,21,23). The summed E-state index contributed by atoms with van der Waals surface area (Å²) in [5, 5.41) is 2.38. The predicted molar refractivity (Wildman–Crippen MR) is 99.6 cm³/mol. The van der Waals surface area contributed by atoms with Gasteiger partial charge in [-0.15, -0.1) is 0 Å². The van der Waals surface area contributed by atoms with Gasteiger partial charge in [0.2, 0.25) is 0 Å². The van der Waals surface area contributed by atoms with Gasteiger partial charge in [0.25, 0.3) is 0 Å². The van der Waals surface area contributed by atoms with Crippen LogP contribution >= 0.6 is 0 Å². The largest absolute Gasteiger partial charge is 0.383 e. The highest BCUT2D eigenvalue weighted by Crippen LogP contribution is 2.19. The van der Waals surface area contributed by atoms with Crippen molar-refractivity contribution in [3.05, 3.63) is 59.7 Å². The third-order valence-corrected chi connectivity index (χ3v) is 4.04. The number of ether oxygens (including phenoxy) is 1. The minimum Gasteiger partial charge on any atom is -0.383 e. The quantitative estimate of drug-likeness (QED) is 0.672. The maximum Gasteiger partial charge on any atom is 0.322 e. The molecule has 0 heterocycles. The zero-order valence-electron chi connectivity index (χ0n) is 15.3. The van der Waals surface area contributed by atoms with Gasteiger partial charge in [0, 0.05) is 26.3 Å². The number of hydrogen-bond acceptors (Lipinski definition) is 5. The molecule has 2 aromatic rings. The van der Waals surface area contributed by atoms with Crippen molar-refractivity contribution >= 4 is 21.8 Å². The van der Waals surface area contributed by atoms with Crippen LogP contribution in [0.15, 0.2) is 42.5 Å². The van der Waals surface area contributed by atoms with Crippen molar-refractivity contribution in [2.45, 2.75) is 6.54 Å². The minimum absolute atomic E-state index is 0.0823. The topological polar surface area (TPSA) is 84.9 Å². The van der Waals surface area contributed by atoms with Crippen LogP contribution in [0, 0.1) is 11.6 Å². The van der Waals surface area contributed by atoms with Crippen molar-refractivity contribution in [1.82, 2.24) is 4.90 Å². The van der Waals surface area contributed by atoms with E-state index in [1.54, 1.807) is 12.1 Å². The van der Waals surface area contributed by atoms with Crippen molar-refractivity contribution in [2.24, 2.45) is 0 Å². The van der Waals surface area contributed by atoms with Gasteiger partial charge in [0.15, 0.2) is 0 Å². The van der Waals surface area contributed by atoms with E-state index in [9.17, 15) is 22.0 Å². The Labute approximate surface area is 162 Å². The molecule has 0 aliphatic rings. The molecule has 0 unspecified atom stereocenters. The number of benzene rings is 2. The fourth-order valence-electron chi connectivity index (χ4n) is 2.33. The van der Waals surface area contributed by atoms with E-state index in [0.717, 1.165) is 18.4 Å². The maximum atomic E-state index is 13.8. The van der Waals surface area contributed by atoms with Gasteiger partial charge in [-0.3, -0.25) is 0 Å². The molecule has 28 heavy (non-hydrogen) atoms. The number of carbonyl (C=O) groups excluding carboxylic acids is 1. The Morgan fingerprint density at radius 1 is 1.18 bits per heavy atom. The van der Waals surface area contributed by atoms with Gasteiger partial charge in [0.05, 0.1) is 18.6 Å². The summed E-state index contributed by atoms with van der Waals surface area (Å²) in [6.07, 6.45) is 0.926. The lowest BCUT2D eigenvalue weighted by molar-refractivity contribution is 0.152. The van der Waals surface area contributed by atoms with Crippen LogP contribution in [0.1, 0.15) is 5.56 Å². The molecular weight excluding hydrogens is 394 g/mol. The van der Waals surface area contributed by atoms with Gasteiger partial charge in [-0.05, 0) is 29.8 Å². The summed E-state index contributed by atoms with van der Waals surface area (Å²) in [4.78, 5) is 13.9. The summed E-state index contributed by atoms with van der Waals surface area (Å²) >= 11 is 0. The van der Waals surface area contributed by atoms with Crippen LogP contribution in [0.4, 0.5) is 19.3 Å². The van der Waals surface area contributed by atoms with Crippen LogP contribution in [-0.2, 0) is 21.4 Å².